The number of hydrogen-bond acceptors (Lipinski definition) is 3. The third-order valence-corrected chi connectivity index (χ3v) is 9.04. The Bertz CT molecular complexity index is 777. The van der Waals surface area contributed by atoms with Gasteiger partial charge in [0.15, 0.2) is 0 Å². The van der Waals surface area contributed by atoms with Crippen LogP contribution >= 0.6 is 0 Å². The second kappa shape index (κ2) is 6.89. The quantitative estimate of drug-likeness (QED) is 0.802. The zero-order chi connectivity index (χ0) is 19.2. The fraction of sp³-hybridized carbons (Fsp3) is 0.667. The van der Waals surface area contributed by atoms with Gasteiger partial charge in [-0.15, -0.1) is 0 Å². The van der Waals surface area contributed by atoms with Crippen molar-refractivity contribution in [1.29, 1.82) is 0 Å². The van der Waals surface area contributed by atoms with Crippen LogP contribution in [-0.4, -0.2) is 31.7 Å². The normalized spacial score (nSPS) is 32.0. The molecule has 5 rings (SSSR count). The lowest BCUT2D eigenvalue weighted by Gasteiger charge is -2.55. The van der Waals surface area contributed by atoms with Gasteiger partial charge in [-0.25, -0.2) is 8.42 Å². The lowest BCUT2D eigenvalue weighted by atomic mass is 9.49. The molecule has 0 heterocycles. The number of anilines is 1. The number of carbonyl (C=O) groups excluding carboxylic acids is 1. The van der Waals surface area contributed by atoms with Crippen molar-refractivity contribution < 1.29 is 13.2 Å². The Morgan fingerprint density at radius 2 is 1.48 bits per heavy atom. The fourth-order valence-corrected chi connectivity index (χ4v) is 7.53. The molecule has 148 valence electrons. The van der Waals surface area contributed by atoms with E-state index in [1.807, 2.05) is 13.8 Å². The van der Waals surface area contributed by atoms with Crippen LogP contribution in [0.15, 0.2) is 29.2 Å². The summed E-state index contributed by atoms with van der Waals surface area (Å²) in [6.45, 7) is 4.56. The van der Waals surface area contributed by atoms with E-state index in [1.165, 1.54) is 23.6 Å². The molecular formula is C21H30N2O3S. The maximum atomic E-state index is 13.1. The van der Waals surface area contributed by atoms with Crippen molar-refractivity contribution >= 4 is 21.6 Å². The van der Waals surface area contributed by atoms with Gasteiger partial charge in [-0.2, -0.15) is 4.31 Å². The predicted octanol–water partition coefficient (Wildman–Crippen LogP) is 3.87. The Kier molecular flexibility index (Phi) is 4.83. The Morgan fingerprint density at radius 1 is 1.00 bits per heavy atom. The molecule has 0 saturated heterocycles. The van der Waals surface area contributed by atoms with Crippen LogP contribution in [0.3, 0.4) is 0 Å². The minimum Gasteiger partial charge on any atom is -0.326 e. The number of benzene rings is 1. The minimum absolute atomic E-state index is 0.140. The monoisotopic (exact) mass is 390 g/mol. The van der Waals surface area contributed by atoms with Crippen LogP contribution < -0.4 is 5.32 Å². The van der Waals surface area contributed by atoms with Crippen molar-refractivity contribution in [2.45, 2.75) is 57.3 Å². The first kappa shape index (κ1) is 18.9. The number of sulfonamides is 1. The lowest BCUT2D eigenvalue weighted by molar-refractivity contribution is -0.140. The van der Waals surface area contributed by atoms with Crippen LogP contribution in [0.2, 0.25) is 0 Å². The van der Waals surface area contributed by atoms with E-state index in [9.17, 15) is 13.2 Å². The van der Waals surface area contributed by atoms with Crippen molar-refractivity contribution in [1.82, 2.24) is 4.31 Å². The summed E-state index contributed by atoms with van der Waals surface area (Å²) in [6, 6.07) is 6.63. The number of nitrogens with zero attached hydrogens (tertiary/aromatic N) is 1. The molecule has 0 aliphatic heterocycles. The highest BCUT2D eigenvalue weighted by Gasteiger charge is 2.54. The molecule has 1 aromatic carbocycles. The van der Waals surface area contributed by atoms with E-state index < -0.39 is 10.0 Å². The third-order valence-electron chi connectivity index (χ3n) is 6.98. The third kappa shape index (κ3) is 3.31. The van der Waals surface area contributed by atoms with E-state index in [2.05, 4.69) is 5.32 Å². The van der Waals surface area contributed by atoms with Crippen LogP contribution in [0.25, 0.3) is 0 Å². The van der Waals surface area contributed by atoms with Crippen molar-refractivity contribution in [3.8, 4) is 0 Å². The molecule has 6 heteroatoms. The van der Waals surface area contributed by atoms with Gasteiger partial charge in [0.05, 0.1) is 10.3 Å². The molecule has 5 nitrogen and oxygen atoms in total. The van der Waals surface area contributed by atoms with Crippen LogP contribution in [-0.2, 0) is 14.8 Å². The first-order chi connectivity index (χ1) is 12.9. The molecule has 4 fully saturated rings. The van der Waals surface area contributed by atoms with Gasteiger partial charge in [0.1, 0.15) is 0 Å². The average Bonchev–Trinajstić information content (AvgIpc) is 2.62. The highest BCUT2D eigenvalue weighted by Crippen LogP contribution is 2.60. The van der Waals surface area contributed by atoms with Gasteiger partial charge in [0, 0.05) is 18.8 Å². The molecule has 1 aromatic rings. The maximum Gasteiger partial charge on any atom is 0.243 e. The average molecular weight is 391 g/mol. The van der Waals surface area contributed by atoms with Gasteiger partial charge in [0.2, 0.25) is 15.9 Å². The topological polar surface area (TPSA) is 66.5 Å². The highest BCUT2D eigenvalue weighted by molar-refractivity contribution is 7.89. The summed E-state index contributed by atoms with van der Waals surface area (Å²) < 4.78 is 26.6. The lowest BCUT2D eigenvalue weighted by Crippen LogP contribution is -2.51. The Labute approximate surface area is 162 Å². The smallest absolute Gasteiger partial charge is 0.243 e. The second-order valence-electron chi connectivity index (χ2n) is 8.77. The SMILES string of the molecule is CCN(CC)S(=O)(=O)c1ccc(NC(=O)C23CC4CC(CC(C4)C2)C3)cc1. The van der Waals surface area contributed by atoms with E-state index in [0.29, 0.717) is 18.8 Å². The molecule has 4 aliphatic rings. The Hall–Kier alpha value is -1.40. The van der Waals surface area contributed by atoms with Crippen LogP contribution in [0.4, 0.5) is 5.69 Å². The van der Waals surface area contributed by atoms with Gasteiger partial charge in [-0.1, -0.05) is 13.8 Å². The van der Waals surface area contributed by atoms with Crippen LogP contribution in [0.5, 0.6) is 0 Å². The minimum atomic E-state index is -3.46. The Morgan fingerprint density at radius 3 is 1.93 bits per heavy atom. The number of amides is 1. The molecule has 4 bridgehead atoms. The first-order valence-electron chi connectivity index (χ1n) is 10.3. The molecule has 0 radical (unpaired) electrons. The molecule has 0 spiro atoms. The van der Waals surface area contributed by atoms with E-state index in [-0.39, 0.29) is 16.2 Å². The molecule has 1 N–H and O–H groups in total. The highest BCUT2D eigenvalue weighted by atomic mass is 32.2. The molecule has 4 aliphatic carbocycles. The van der Waals surface area contributed by atoms with Gasteiger partial charge < -0.3 is 5.32 Å². The largest absolute Gasteiger partial charge is 0.326 e. The molecule has 27 heavy (non-hydrogen) atoms. The number of rotatable bonds is 6. The first-order valence-corrected chi connectivity index (χ1v) is 11.7. The van der Waals surface area contributed by atoms with Gasteiger partial charge in [0.25, 0.3) is 0 Å². The Balaban J connectivity index is 1.48. The van der Waals surface area contributed by atoms with E-state index in [1.54, 1.807) is 24.3 Å². The van der Waals surface area contributed by atoms with Crippen molar-refractivity contribution in [3.05, 3.63) is 24.3 Å². The van der Waals surface area contributed by atoms with E-state index >= 15 is 0 Å². The summed E-state index contributed by atoms with van der Waals surface area (Å²) in [5, 5.41) is 3.09. The van der Waals surface area contributed by atoms with Crippen molar-refractivity contribution in [3.63, 3.8) is 0 Å². The molecule has 4 saturated carbocycles. The molecule has 0 atom stereocenters. The molecule has 0 unspecified atom stereocenters. The van der Waals surface area contributed by atoms with Gasteiger partial charge in [-0.3, -0.25) is 4.79 Å². The summed E-state index contributed by atoms with van der Waals surface area (Å²) in [7, 11) is -3.46. The summed E-state index contributed by atoms with van der Waals surface area (Å²) in [6.07, 6.45) is 7.01. The van der Waals surface area contributed by atoms with E-state index in [4.69, 9.17) is 0 Å². The van der Waals surface area contributed by atoms with E-state index in [0.717, 1.165) is 37.0 Å². The number of carbonyl (C=O) groups is 1. The zero-order valence-electron chi connectivity index (χ0n) is 16.3. The van der Waals surface area contributed by atoms with Crippen molar-refractivity contribution in [2.75, 3.05) is 18.4 Å². The summed E-state index contributed by atoms with van der Waals surface area (Å²) in [5.41, 5.74) is 0.495. The molecule has 1 amide bonds. The molecule has 0 aromatic heterocycles. The zero-order valence-corrected chi connectivity index (χ0v) is 17.1. The van der Waals surface area contributed by atoms with Crippen LogP contribution in [0, 0.1) is 23.2 Å². The predicted molar refractivity (Wildman–Crippen MR) is 106 cm³/mol. The van der Waals surface area contributed by atoms with Crippen molar-refractivity contribution in [2.24, 2.45) is 23.2 Å². The van der Waals surface area contributed by atoms with Gasteiger partial charge in [-0.05, 0) is 80.5 Å². The second-order valence-corrected chi connectivity index (χ2v) is 10.7. The fourth-order valence-electron chi connectivity index (χ4n) is 6.08. The summed E-state index contributed by atoms with van der Waals surface area (Å²) >= 11 is 0. The van der Waals surface area contributed by atoms with Gasteiger partial charge >= 0.3 is 0 Å². The summed E-state index contributed by atoms with van der Waals surface area (Å²) in [4.78, 5) is 13.4. The molecular weight excluding hydrogens is 360 g/mol. The van der Waals surface area contributed by atoms with Crippen LogP contribution in [0.1, 0.15) is 52.4 Å². The number of hydrogen-bond donors (Lipinski definition) is 1. The standard InChI is InChI=1S/C21H30N2O3S/c1-3-23(4-2)27(25,26)19-7-5-18(6-8-19)22-20(24)21-12-15-9-16(13-21)11-17(10-15)14-21/h5-8,15-17H,3-4,9-14H2,1-2H3,(H,22,24). The summed E-state index contributed by atoms with van der Waals surface area (Å²) in [5.74, 6) is 2.32. The number of nitrogens with one attached hydrogen (secondary N) is 1. The maximum absolute atomic E-state index is 13.1.